The summed E-state index contributed by atoms with van der Waals surface area (Å²) in [6.45, 7) is 15.7. The lowest BCUT2D eigenvalue weighted by Crippen LogP contribution is -2.13. The number of hydrogen-bond donors (Lipinski definition) is 1. The molecule has 7 aromatic carbocycles. The summed E-state index contributed by atoms with van der Waals surface area (Å²) in [7, 11) is 0. The third kappa shape index (κ3) is 8.23. The second-order valence-corrected chi connectivity index (χ2v) is 13.9. The second kappa shape index (κ2) is 16.3. The van der Waals surface area contributed by atoms with Crippen LogP contribution in [0.4, 0.5) is 51.2 Å². The largest absolute Gasteiger partial charge is 0.486 e. The van der Waals surface area contributed by atoms with Gasteiger partial charge in [0.2, 0.25) is 0 Å². The topological polar surface area (TPSA) is 51.4 Å². The number of carboxylic acids is 1. The Kier molecular flexibility index (Phi) is 10.8. The van der Waals surface area contributed by atoms with Crippen LogP contribution < -0.4 is 14.7 Å². The molecule has 0 saturated carbocycles. The Morgan fingerprint density at radius 2 is 0.714 bits per heavy atom. The van der Waals surface area contributed by atoms with Gasteiger partial charge in [0.1, 0.15) is 0 Å². The predicted molar refractivity (Wildman–Crippen MR) is 232 cm³/mol. The molecule has 6 heteroatoms. The molecule has 1 N–H and O–H groups in total. The van der Waals surface area contributed by atoms with Crippen LogP contribution in [0.25, 0.3) is 10.9 Å². The molecule has 0 saturated heterocycles. The minimum atomic E-state index is -1.25. The highest BCUT2D eigenvalue weighted by Crippen LogP contribution is 2.41. The van der Waals surface area contributed by atoms with Crippen molar-refractivity contribution in [3.63, 3.8) is 0 Å². The van der Waals surface area contributed by atoms with E-state index in [0.717, 1.165) is 51.2 Å². The third-order valence-corrected chi connectivity index (χ3v) is 9.57. The SMILES string of the molecule is [C-]#[N+]C(=Cc1ccc(N(c2ccc(N(c3cccc(C)c3)c3cccc(C)c3)cc2)c2ccc(N(c3cccc(C)c3)c3cccc(C)c3)cc2)cc1)C(=O)O. The van der Waals surface area contributed by atoms with E-state index >= 15 is 0 Å². The molecule has 0 aliphatic carbocycles. The van der Waals surface area contributed by atoms with E-state index in [-0.39, 0.29) is 5.70 Å². The van der Waals surface area contributed by atoms with Crippen molar-refractivity contribution >= 4 is 63.2 Å². The first-order valence-electron chi connectivity index (χ1n) is 18.5. The first kappa shape index (κ1) is 37.0. The molecule has 0 amide bonds. The van der Waals surface area contributed by atoms with Crippen molar-refractivity contribution in [1.82, 2.24) is 0 Å². The van der Waals surface area contributed by atoms with Crippen molar-refractivity contribution in [2.24, 2.45) is 0 Å². The number of aliphatic carboxylic acids is 1. The molecule has 0 spiro atoms. The highest BCUT2D eigenvalue weighted by molar-refractivity contribution is 5.94. The van der Waals surface area contributed by atoms with E-state index in [2.05, 4.69) is 193 Å². The summed E-state index contributed by atoms with van der Waals surface area (Å²) in [5.41, 5.74) is 14.1. The Bertz CT molecular complexity index is 2340. The van der Waals surface area contributed by atoms with E-state index in [0.29, 0.717) is 5.56 Å². The first-order valence-corrected chi connectivity index (χ1v) is 18.5. The lowest BCUT2D eigenvalue weighted by molar-refractivity contribution is -0.132. The van der Waals surface area contributed by atoms with E-state index < -0.39 is 5.97 Å². The molecule has 0 fully saturated rings. The fourth-order valence-corrected chi connectivity index (χ4v) is 6.93. The zero-order valence-electron chi connectivity index (χ0n) is 31.9. The molecule has 0 unspecified atom stereocenters. The Morgan fingerprint density at radius 3 is 0.964 bits per heavy atom. The maximum absolute atomic E-state index is 11.6. The number of rotatable bonds is 11. The van der Waals surface area contributed by atoms with Gasteiger partial charge in [0, 0.05) is 51.2 Å². The van der Waals surface area contributed by atoms with Gasteiger partial charge in [-0.2, -0.15) is 0 Å². The molecule has 7 rings (SSSR count). The number of hydrogen-bond acceptors (Lipinski definition) is 4. The smallest absolute Gasteiger partial charge is 0.333 e. The minimum Gasteiger partial charge on any atom is -0.486 e. The van der Waals surface area contributed by atoms with Crippen LogP contribution in [-0.4, -0.2) is 11.1 Å². The van der Waals surface area contributed by atoms with Crippen LogP contribution in [0.15, 0.2) is 176 Å². The fourth-order valence-electron chi connectivity index (χ4n) is 6.93. The molecule has 0 radical (unpaired) electrons. The van der Waals surface area contributed by atoms with Crippen molar-refractivity contribution in [2.45, 2.75) is 27.7 Å². The maximum Gasteiger partial charge on any atom is 0.333 e. The number of nitrogens with zero attached hydrogens (tertiary/aromatic N) is 4. The van der Waals surface area contributed by atoms with Crippen molar-refractivity contribution in [1.29, 1.82) is 0 Å². The molecular weight excluding hydrogens is 689 g/mol. The monoisotopic (exact) mass is 730 g/mol. The van der Waals surface area contributed by atoms with Crippen LogP contribution in [0.5, 0.6) is 0 Å². The molecule has 6 nitrogen and oxygen atoms in total. The van der Waals surface area contributed by atoms with Crippen LogP contribution >= 0.6 is 0 Å². The van der Waals surface area contributed by atoms with E-state index in [1.165, 1.54) is 28.3 Å². The van der Waals surface area contributed by atoms with E-state index in [1.807, 2.05) is 24.3 Å². The standard InChI is InChI=1S/C50H42N4O2/c1-35-10-6-14-45(30-35)53(46-15-7-11-36(2)31-46)43-26-22-41(23-27-43)52(40-20-18-39(19-21-40)34-49(51-5)50(55)56)42-24-28-44(29-25-42)54(47-16-8-12-37(3)32-47)48-17-9-13-38(4)33-48/h6-34H,1-4H3,(H,55,56). The molecular formula is C50H42N4O2. The summed E-state index contributed by atoms with van der Waals surface area (Å²) in [6, 6.07) is 58.8. The van der Waals surface area contributed by atoms with E-state index in [1.54, 1.807) is 0 Å². The zero-order chi connectivity index (χ0) is 39.2. The summed E-state index contributed by atoms with van der Waals surface area (Å²) >= 11 is 0. The summed E-state index contributed by atoms with van der Waals surface area (Å²) in [5.74, 6) is -1.25. The van der Waals surface area contributed by atoms with Gasteiger partial charge in [-0.25, -0.2) is 4.85 Å². The van der Waals surface area contributed by atoms with Gasteiger partial charge in [-0.1, -0.05) is 60.7 Å². The third-order valence-electron chi connectivity index (χ3n) is 9.57. The van der Waals surface area contributed by atoms with Crippen molar-refractivity contribution in [2.75, 3.05) is 14.7 Å². The number of anilines is 9. The highest BCUT2D eigenvalue weighted by Gasteiger charge is 2.19. The first-order chi connectivity index (χ1) is 27.2. The van der Waals surface area contributed by atoms with Gasteiger partial charge in [0.05, 0.1) is 6.57 Å². The molecule has 0 aromatic heterocycles. The van der Waals surface area contributed by atoms with Gasteiger partial charge < -0.3 is 19.8 Å². The number of carbonyl (C=O) groups is 1. The zero-order valence-corrected chi connectivity index (χ0v) is 31.9. The van der Waals surface area contributed by atoms with Crippen molar-refractivity contribution in [3.05, 3.63) is 215 Å². The van der Waals surface area contributed by atoms with Gasteiger partial charge in [-0.15, -0.1) is 0 Å². The molecule has 274 valence electrons. The molecule has 0 bridgehead atoms. The van der Waals surface area contributed by atoms with Gasteiger partial charge in [0.15, 0.2) is 0 Å². The molecule has 0 aliphatic rings. The van der Waals surface area contributed by atoms with Crippen molar-refractivity contribution in [3.8, 4) is 0 Å². The lowest BCUT2D eigenvalue weighted by atomic mass is 10.1. The molecule has 0 heterocycles. The average molecular weight is 731 g/mol. The van der Waals surface area contributed by atoms with E-state index in [9.17, 15) is 9.90 Å². The summed E-state index contributed by atoms with van der Waals surface area (Å²) in [5, 5.41) is 9.45. The number of aryl methyl sites for hydroxylation is 4. The Hall–Kier alpha value is -7.36. The highest BCUT2D eigenvalue weighted by atomic mass is 16.4. The molecule has 0 atom stereocenters. The quantitative estimate of drug-likeness (QED) is 0.106. The average Bonchev–Trinajstić information content (AvgIpc) is 3.19. The predicted octanol–water partition coefficient (Wildman–Crippen LogP) is 13.7. The van der Waals surface area contributed by atoms with Crippen LogP contribution in [0.3, 0.4) is 0 Å². The fraction of sp³-hybridized carbons (Fsp3) is 0.0800. The summed E-state index contributed by atoms with van der Waals surface area (Å²) in [4.78, 5) is 21.5. The van der Waals surface area contributed by atoms with Gasteiger partial charge in [0.25, 0.3) is 5.70 Å². The van der Waals surface area contributed by atoms with Crippen LogP contribution in [-0.2, 0) is 4.79 Å². The van der Waals surface area contributed by atoms with Crippen LogP contribution in [0.2, 0.25) is 0 Å². The van der Waals surface area contributed by atoms with Gasteiger partial charge in [-0.05, 0) is 171 Å². The Balaban J connectivity index is 1.32. The normalized spacial score (nSPS) is 11.1. The van der Waals surface area contributed by atoms with Crippen molar-refractivity contribution < 1.29 is 9.90 Å². The summed E-state index contributed by atoms with van der Waals surface area (Å²) in [6.07, 6.45) is 1.39. The number of benzene rings is 7. The molecule has 7 aromatic rings. The maximum atomic E-state index is 11.6. The number of carboxylic acid groups (broad SMARTS) is 1. The van der Waals surface area contributed by atoms with Gasteiger partial charge >= 0.3 is 5.97 Å². The summed E-state index contributed by atoms with van der Waals surface area (Å²) < 4.78 is 0. The minimum absolute atomic E-state index is 0.334. The van der Waals surface area contributed by atoms with Crippen LogP contribution in [0.1, 0.15) is 27.8 Å². The Labute approximate surface area is 329 Å². The van der Waals surface area contributed by atoms with E-state index in [4.69, 9.17) is 6.57 Å². The molecule has 56 heavy (non-hydrogen) atoms. The molecule has 0 aliphatic heterocycles. The van der Waals surface area contributed by atoms with Gasteiger partial charge in [-0.3, -0.25) is 4.79 Å². The Morgan fingerprint density at radius 1 is 0.446 bits per heavy atom. The van der Waals surface area contributed by atoms with Crippen LogP contribution in [0, 0.1) is 34.3 Å². The second-order valence-electron chi connectivity index (χ2n) is 13.9. The lowest BCUT2D eigenvalue weighted by Gasteiger charge is -2.30.